The third-order valence-corrected chi connectivity index (χ3v) is 11.3. The summed E-state index contributed by atoms with van der Waals surface area (Å²) in [7, 11) is 0. The molecule has 5 heteroatoms. The van der Waals surface area contributed by atoms with Crippen LogP contribution in [-0.4, -0.2) is 19.5 Å². The number of rotatable bonds is 6. The highest BCUT2D eigenvalue weighted by Gasteiger charge is 2.22. The van der Waals surface area contributed by atoms with E-state index in [-0.39, 0.29) is 81.3 Å². The first-order valence-corrected chi connectivity index (χ1v) is 18.9. The van der Waals surface area contributed by atoms with Crippen molar-refractivity contribution in [2.75, 3.05) is 0 Å². The molecule has 0 atom stereocenters. The summed E-state index contributed by atoms with van der Waals surface area (Å²) in [6.45, 7) is 0. The number of benzene rings is 8. The third-order valence-electron chi connectivity index (χ3n) is 10.1. The molecule has 56 heavy (non-hydrogen) atoms. The van der Waals surface area contributed by atoms with Gasteiger partial charge in [0.05, 0.1) is 27.7 Å². The summed E-state index contributed by atoms with van der Waals surface area (Å²) in [5.41, 5.74) is 4.84. The van der Waals surface area contributed by atoms with E-state index in [0.717, 1.165) is 42.4 Å². The number of aromatic nitrogens is 4. The Hall–Kier alpha value is -7.21. The van der Waals surface area contributed by atoms with E-state index < -0.39 is 0 Å². The minimum absolute atomic E-state index is 0.0404. The normalized spacial score (nSPS) is 13.6. The molecule has 0 aliphatic rings. The average Bonchev–Trinajstić information content (AvgIpc) is 3.87. The van der Waals surface area contributed by atoms with Gasteiger partial charge in [-0.15, -0.1) is 11.3 Å². The van der Waals surface area contributed by atoms with Crippen LogP contribution in [0.25, 0.3) is 104 Å². The predicted octanol–water partition coefficient (Wildman–Crippen LogP) is 13.7. The van der Waals surface area contributed by atoms with Crippen molar-refractivity contribution in [1.29, 1.82) is 0 Å². The SMILES string of the molecule is [2H]c1cc([2H])c(-c2c([2H])cc([2H])c3c2c2c([2H])c([2H])cc([2H])c2n3-c2cc(-c3cccc4c3sc3ccccc34)ccc2-c2nc(-c3ccccc3)nc(-c3ccccc3)n2)c([2H])c1. The van der Waals surface area contributed by atoms with E-state index in [1.54, 1.807) is 15.9 Å². The fraction of sp³-hybridized carbons (Fsp3) is 0. The van der Waals surface area contributed by atoms with Gasteiger partial charge in [0.15, 0.2) is 17.5 Å². The van der Waals surface area contributed by atoms with Crippen molar-refractivity contribution in [2.24, 2.45) is 0 Å². The lowest BCUT2D eigenvalue weighted by atomic mass is 9.99. The Bertz CT molecular complexity index is 3640. The van der Waals surface area contributed by atoms with Gasteiger partial charge in [-0.25, -0.2) is 15.0 Å². The molecule has 8 aromatic carbocycles. The molecule has 4 nitrogen and oxygen atoms in total. The zero-order valence-electron chi connectivity index (χ0n) is 37.6. The lowest BCUT2D eigenvalue weighted by Gasteiger charge is -2.17. The van der Waals surface area contributed by atoms with E-state index >= 15 is 0 Å². The quantitative estimate of drug-likeness (QED) is 0.170. The van der Waals surface area contributed by atoms with Crippen LogP contribution >= 0.6 is 11.3 Å². The molecule has 0 saturated heterocycles. The zero-order valence-corrected chi connectivity index (χ0v) is 30.4. The van der Waals surface area contributed by atoms with Crippen molar-refractivity contribution in [1.82, 2.24) is 19.5 Å². The molecule has 0 spiro atoms. The van der Waals surface area contributed by atoms with Crippen LogP contribution in [0.1, 0.15) is 11.0 Å². The first-order valence-electron chi connectivity index (χ1n) is 22.1. The van der Waals surface area contributed by atoms with Gasteiger partial charge in [-0.3, -0.25) is 0 Å². The first kappa shape index (κ1) is 25.0. The van der Waals surface area contributed by atoms with E-state index in [1.165, 1.54) is 24.3 Å². The highest BCUT2D eigenvalue weighted by atomic mass is 32.1. The van der Waals surface area contributed by atoms with Crippen LogP contribution in [0, 0.1) is 0 Å². The van der Waals surface area contributed by atoms with Crippen LogP contribution in [0.15, 0.2) is 194 Å². The van der Waals surface area contributed by atoms with E-state index in [1.807, 2.05) is 97.1 Å². The molecule has 11 aromatic rings. The molecule has 0 N–H and O–H groups in total. The van der Waals surface area contributed by atoms with Crippen molar-refractivity contribution in [3.8, 4) is 62.1 Å². The number of fused-ring (bicyclic) bond motifs is 6. The number of hydrogen-bond donors (Lipinski definition) is 0. The van der Waals surface area contributed by atoms with Crippen LogP contribution in [0.4, 0.5) is 0 Å². The van der Waals surface area contributed by atoms with Gasteiger partial charge in [-0.05, 0) is 52.5 Å². The van der Waals surface area contributed by atoms with Crippen LogP contribution in [0.5, 0.6) is 0 Å². The molecule has 0 saturated carbocycles. The summed E-state index contributed by atoms with van der Waals surface area (Å²) in [5, 5.41) is 2.56. The Labute approximate surface area is 338 Å². The molecule has 0 bridgehead atoms. The molecule has 0 fully saturated rings. The molecule has 0 amide bonds. The van der Waals surface area contributed by atoms with Crippen LogP contribution in [0.3, 0.4) is 0 Å². The number of nitrogens with zero attached hydrogens (tertiary/aromatic N) is 4. The van der Waals surface area contributed by atoms with Gasteiger partial charge in [0.1, 0.15) is 0 Å². The van der Waals surface area contributed by atoms with Gasteiger partial charge >= 0.3 is 0 Å². The Morgan fingerprint density at radius 1 is 0.429 bits per heavy atom. The van der Waals surface area contributed by atoms with Crippen LogP contribution in [-0.2, 0) is 0 Å². The molecule has 0 unspecified atom stereocenters. The molecule has 0 radical (unpaired) electrons. The van der Waals surface area contributed by atoms with E-state index in [9.17, 15) is 5.48 Å². The second-order valence-corrected chi connectivity index (χ2v) is 14.4. The maximum atomic E-state index is 9.60. The van der Waals surface area contributed by atoms with Crippen molar-refractivity contribution >= 4 is 53.3 Å². The number of hydrogen-bond acceptors (Lipinski definition) is 4. The molecule has 0 aliphatic carbocycles. The van der Waals surface area contributed by atoms with Crippen molar-refractivity contribution in [2.45, 2.75) is 0 Å². The third kappa shape index (κ3) is 5.32. The van der Waals surface area contributed by atoms with E-state index in [2.05, 4.69) is 24.3 Å². The topological polar surface area (TPSA) is 43.6 Å². The largest absolute Gasteiger partial charge is 0.308 e. The Balaban J connectivity index is 1.31. The lowest BCUT2D eigenvalue weighted by Crippen LogP contribution is -2.04. The molecule has 0 aliphatic heterocycles. The average molecular weight is 741 g/mol. The molecule has 11 rings (SSSR count). The first-order chi connectivity index (χ1) is 31.0. The van der Waals surface area contributed by atoms with Gasteiger partial charge in [-0.1, -0.05) is 164 Å². The van der Waals surface area contributed by atoms with E-state index in [4.69, 9.17) is 20.4 Å². The smallest absolute Gasteiger partial charge is 0.166 e. The highest BCUT2D eigenvalue weighted by Crippen LogP contribution is 2.44. The zero-order chi connectivity index (χ0) is 44.0. The van der Waals surface area contributed by atoms with Gasteiger partial charge in [0.25, 0.3) is 0 Å². The Morgan fingerprint density at radius 3 is 1.89 bits per heavy atom. The highest BCUT2D eigenvalue weighted by molar-refractivity contribution is 7.26. The van der Waals surface area contributed by atoms with Crippen molar-refractivity contribution in [3.63, 3.8) is 0 Å². The standard InChI is InChI=1S/C51H32N4S/c1-4-16-33(17-5-1)37-24-15-28-44-47(37)41-23-10-12-27-43(41)55(44)45-32-36(38-25-14-26-40-39-22-11-13-29-46(39)56-48(38)40)30-31-42(45)51-53-49(34-18-6-2-7-19-34)52-50(54-51)35-20-8-3-9-21-35/h1-32H/i1D,10D,16D,17D,23D,24D,27D,28D. The summed E-state index contributed by atoms with van der Waals surface area (Å²) >= 11 is 1.69. The van der Waals surface area contributed by atoms with Crippen LogP contribution < -0.4 is 0 Å². The molecular formula is C51H32N4S. The minimum Gasteiger partial charge on any atom is -0.308 e. The summed E-state index contributed by atoms with van der Waals surface area (Å²) in [6.07, 6.45) is 0. The molecule has 3 aromatic heterocycles. The summed E-state index contributed by atoms with van der Waals surface area (Å²) < 4.78 is 76.8. The Morgan fingerprint density at radius 2 is 1.11 bits per heavy atom. The summed E-state index contributed by atoms with van der Waals surface area (Å²) in [6, 6.07) is 43.7. The lowest BCUT2D eigenvalue weighted by molar-refractivity contribution is 1.06. The predicted molar refractivity (Wildman–Crippen MR) is 234 cm³/mol. The van der Waals surface area contributed by atoms with Crippen LogP contribution in [0.2, 0.25) is 0 Å². The van der Waals surface area contributed by atoms with E-state index in [0.29, 0.717) is 28.7 Å². The van der Waals surface area contributed by atoms with Crippen molar-refractivity contribution < 1.29 is 11.0 Å². The number of thiophene rings is 1. The maximum absolute atomic E-state index is 9.60. The fourth-order valence-corrected chi connectivity index (χ4v) is 8.78. The fourth-order valence-electron chi connectivity index (χ4n) is 7.54. The van der Waals surface area contributed by atoms with Crippen molar-refractivity contribution in [3.05, 3.63) is 194 Å². The van der Waals surface area contributed by atoms with Gasteiger partial charge in [0.2, 0.25) is 0 Å². The molecule has 3 heterocycles. The Kier molecular flexibility index (Phi) is 5.92. The molecular weight excluding hydrogens is 701 g/mol. The monoisotopic (exact) mass is 740 g/mol. The summed E-state index contributed by atoms with van der Waals surface area (Å²) in [5.74, 6) is 1.16. The second kappa shape index (κ2) is 13.3. The second-order valence-electron chi connectivity index (χ2n) is 13.3. The van der Waals surface area contributed by atoms with Gasteiger partial charge in [0, 0.05) is 47.6 Å². The van der Waals surface area contributed by atoms with Gasteiger partial charge in [-0.2, -0.15) is 0 Å². The van der Waals surface area contributed by atoms with Gasteiger partial charge < -0.3 is 4.57 Å². The number of para-hydroxylation sites is 1. The molecule has 262 valence electrons. The summed E-state index contributed by atoms with van der Waals surface area (Å²) in [4.78, 5) is 15.1. The minimum atomic E-state index is -0.234. The maximum Gasteiger partial charge on any atom is 0.166 e.